The average Bonchev–Trinajstić information content (AvgIpc) is 2.15. The van der Waals surface area contributed by atoms with Gasteiger partial charge in [-0.15, -0.1) is 0 Å². The molecule has 2 N–H and O–H groups in total. The Balaban J connectivity index is 2.44. The van der Waals surface area contributed by atoms with Crippen LogP contribution >= 0.6 is 11.6 Å². The van der Waals surface area contributed by atoms with Crippen LogP contribution in [0.2, 0.25) is 5.02 Å². The third-order valence-electron chi connectivity index (χ3n) is 1.36. The standard InChI is InChI=1S/C9H11ClN2O/c10-9-3-1-8(2-4-9)7-12-13-6-5-11/h1-4,7H,5-6,11H2/b12-7+. The molecule has 0 heterocycles. The molecule has 0 spiro atoms. The van der Waals surface area contributed by atoms with Crippen LogP contribution in [0.4, 0.5) is 0 Å². The highest BCUT2D eigenvalue weighted by Gasteiger charge is 1.87. The molecule has 0 amide bonds. The molecule has 0 radical (unpaired) electrons. The van der Waals surface area contributed by atoms with E-state index in [-0.39, 0.29) is 0 Å². The predicted molar refractivity (Wildman–Crippen MR) is 54.1 cm³/mol. The lowest BCUT2D eigenvalue weighted by Gasteiger charge is -1.94. The molecule has 0 saturated carbocycles. The van der Waals surface area contributed by atoms with Crippen LogP contribution in [0.25, 0.3) is 0 Å². The van der Waals surface area contributed by atoms with Gasteiger partial charge in [-0.3, -0.25) is 0 Å². The maximum atomic E-state index is 5.70. The molecule has 0 fully saturated rings. The third-order valence-corrected chi connectivity index (χ3v) is 1.61. The molecule has 0 aliphatic heterocycles. The van der Waals surface area contributed by atoms with Gasteiger partial charge in [-0.1, -0.05) is 28.9 Å². The summed E-state index contributed by atoms with van der Waals surface area (Å²) in [5, 5.41) is 4.42. The van der Waals surface area contributed by atoms with E-state index >= 15 is 0 Å². The Labute approximate surface area is 82.1 Å². The van der Waals surface area contributed by atoms with Crippen molar-refractivity contribution in [2.75, 3.05) is 13.2 Å². The second-order valence-electron chi connectivity index (χ2n) is 2.41. The lowest BCUT2D eigenvalue weighted by atomic mass is 10.2. The monoisotopic (exact) mass is 198 g/mol. The van der Waals surface area contributed by atoms with Crippen LogP contribution in [0.5, 0.6) is 0 Å². The summed E-state index contributed by atoms with van der Waals surface area (Å²) in [5.41, 5.74) is 6.16. The average molecular weight is 199 g/mol. The minimum Gasteiger partial charge on any atom is -0.394 e. The first-order valence-electron chi connectivity index (χ1n) is 3.94. The van der Waals surface area contributed by atoms with Crippen LogP contribution in [-0.2, 0) is 4.84 Å². The molecule has 0 aliphatic carbocycles. The van der Waals surface area contributed by atoms with Gasteiger partial charge in [0.15, 0.2) is 0 Å². The molecule has 3 nitrogen and oxygen atoms in total. The quantitative estimate of drug-likeness (QED) is 0.454. The summed E-state index contributed by atoms with van der Waals surface area (Å²) in [7, 11) is 0. The summed E-state index contributed by atoms with van der Waals surface area (Å²) >= 11 is 5.70. The van der Waals surface area contributed by atoms with Crippen LogP contribution in [0, 0.1) is 0 Å². The lowest BCUT2D eigenvalue weighted by molar-refractivity contribution is 0.154. The topological polar surface area (TPSA) is 47.6 Å². The van der Waals surface area contributed by atoms with Gasteiger partial charge in [-0.25, -0.2) is 0 Å². The van der Waals surface area contributed by atoms with Crippen LogP contribution in [0.1, 0.15) is 5.56 Å². The first kappa shape index (κ1) is 10.0. The molecule has 0 aliphatic rings. The van der Waals surface area contributed by atoms with Gasteiger partial charge in [0, 0.05) is 11.6 Å². The van der Waals surface area contributed by atoms with E-state index in [4.69, 9.17) is 22.2 Å². The normalized spacial score (nSPS) is 10.6. The first-order valence-corrected chi connectivity index (χ1v) is 4.31. The minimum absolute atomic E-state index is 0.435. The Bertz CT molecular complexity index is 271. The number of halogens is 1. The fourth-order valence-electron chi connectivity index (χ4n) is 0.752. The molecule has 0 bridgehead atoms. The van der Waals surface area contributed by atoms with Gasteiger partial charge < -0.3 is 10.6 Å². The van der Waals surface area contributed by atoms with Crippen molar-refractivity contribution in [3.05, 3.63) is 34.9 Å². The molecular formula is C9H11ClN2O. The summed E-state index contributed by atoms with van der Waals surface area (Å²) in [6.07, 6.45) is 1.62. The van der Waals surface area contributed by atoms with E-state index in [1.54, 1.807) is 18.3 Å². The summed E-state index contributed by atoms with van der Waals surface area (Å²) in [4.78, 5) is 4.83. The van der Waals surface area contributed by atoms with Crippen molar-refractivity contribution in [3.8, 4) is 0 Å². The number of benzene rings is 1. The van der Waals surface area contributed by atoms with Crippen molar-refractivity contribution in [2.45, 2.75) is 0 Å². The van der Waals surface area contributed by atoms with Gasteiger partial charge in [-0.05, 0) is 17.7 Å². The van der Waals surface area contributed by atoms with E-state index in [1.165, 1.54) is 0 Å². The van der Waals surface area contributed by atoms with Crippen molar-refractivity contribution in [3.63, 3.8) is 0 Å². The van der Waals surface area contributed by atoms with Crippen LogP contribution in [0.15, 0.2) is 29.4 Å². The van der Waals surface area contributed by atoms with Gasteiger partial charge in [0.25, 0.3) is 0 Å². The number of nitrogens with two attached hydrogens (primary N) is 1. The Morgan fingerprint density at radius 3 is 2.69 bits per heavy atom. The van der Waals surface area contributed by atoms with E-state index in [9.17, 15) is 0 Å². The number of hydrogen-bond donors (Lipinski definition) is 1. The molecule has 70 valence electrons. The molecule has 1 aromatic carbocycles. The second-order valence-corrected chi connectivity index (χ2v) is 2.84. The molecule has 1 aromatic rings. The maximum Gasteiger partial charge on any atom is 0.129 e. The van der Waals surface area contributed by atoms with Crippen molar-refractivity contribution in [1.29, 1.82) is 0 Å². The first-order chi connectivity index (χ1) is 6.33. The minimum atomic E-state index is 0.435. The Morgan fingerprint density at radius 2 is 2.08 bits per heavy atom. The van der Waals surface area contributed by atoms with Crippen LogP contribution in [0.3, 0.4) is 0 Å². The molecule has 4 heteroatoms. The molecule has 0 unspecified atom stereocenters. The maximum absolute atomic E-state index is 5.70. The van der Waals surface area contributed by atoms with Gasteiger partial charge >= 0.3 is 0 Å². The number of oxime groups is 1. The zero-order valence-electron chi connectivity index (χ0n) is 7.11. The van der Waals surface area contributed by atoms with Crippen molar-refractivity contribution >= 4 is 17.8 Å². The van der Waals surface area contributed by atoms with Crippen molar-refractivity contribution < 1.29 is 4.84 Å². The molecule has 13 heavy (non-hydrogen) atoms. The molecule has 0 saturated heterocycles. The predicted octanol–water partition coefficient (Wildman–Crippen LogP) is 1.65. The fourth-order valence-corrected chi connectivity index (χ4v) is 0.878. The highest BCUT2D eigenvalue weighted by atomic mass is 35.5. The Kier molecular flexibility index (Phi) is 4.29. The lowest BCUT2D eigenvalue weighted by Crippen LogP contribution is -2.05. The number of rotatable bonds is 4. The second kappa shape index (κ2) is 5.56. The van der Waals surface area contributed by atoms with E-state index in [0.29, 0.717) is 18.2 Å². The van der Waals surface area contributed by atoms with Gasteiger partial charge in [0.05, 0.1) is 6.21 Å². The highest BCUT2D eigenvalue weighted by molar-refractivity contribution is 6.30. The summed E-state index contributed by atoms with van der Waals surface area (Å²) in [6, 6.07) is 7.31. The fraction of sp³-hybridized carbons (Fsp3) is 0.222. The van der Waals surface area contributed by atoms with Crippen LogP contribution < -0.4 is 5.73 Å². The largest absolute Gasteiger partial charge is 0.394 e. The van der Waals surface area contributed by atoms with Crippen LogP contribution in [-0.4, -0.2) is 19.4 Å². The zero-order valence-corrected chi connectivity index (χ0v) is 7.87. The summed E-state index contributed by atoms with van der Waals surface area (Å²) in [6.45, 7) is 0.905. The smallest absolute Gasteiger partial charge is 0.129 e. The summed E-state index contributed by atoms with van der Waals surface area (Å²) < 4.78 is 0. The van der Waals surface area contributed by atoms with Gasteiger partial charge in [0.2, 0.25) is 0 Å². The third kappa shape index (κ3) is 3.92. The van der Waals surface area contributed by atoms with E-state index in [2.05, 4.69) is 5.16 Å². The molecule has 0 aromatic heterocycles. The Morgan fingerprint density at radius 1 is 1.38 bits per heavy atom. The Hall–Kier alpha value is -1.06. The van der Waals surface area contributed by atoms with Crippen molar-refractivity contribution in [1.82, 2.24) is 0 Å². The molecule has 1 rings (SSSR count). The van der Waals surface area contributed by atoms with E-state index < -0.39 is 0 Å². The van der Waals surface area contributed by atoms with Crippen molar-refractivity contribution in [2.24, 2.45) is 10.9 Å². The summed E-state index contributed by atoms with van der Waals surface area (Å²) in [5.74, 6) is 0. The number of nitrogens with zero attached hydrogens (tertiary/aromatic N) is 1. The van der Waals surface area contributed by atoms with Gasteiger partial charge in [0.1, 0.15) is 6.61 Å². The number of hydrogen-bond acceptors (Lipinski definition) is 3. The zero-order chi connectivity index (χ0) is 9.52. The SMILES string of the molecule is NCCO/N=C/c1ccc(Cl)cc1. The van der Waals surface area contributed by atoms with E-state index in [1.807, 2.05) is 12.1 Å². The molecule has 0 atom stereocenters. The van der Waals surface area contributed by atoms with E-state index in [0.717, 1.165) is 5.56 Å². The van der Waals surface area contributed by atoms with Gasteiger partial charge in [-0.2, -0.15) is 0 Å². The highest BCUT2D eigenvalue weighted by Crippen LogP contribution is 2.07. The molecular weight excluding hydrogens is 188 g/mol.